The van der Waals surface area contributed by atoms with E-state index in [1.807, 2.05) is 48.5 Å². The molecule has 3 aromatic carbocycles. The second-order valence-electron chi connectivity index (χ2n) is 7.53. The van der Waals surface area contributed by atoms with Crippen LogP contribution in [0.3, 0.4) is 0 Å². The highest BCUT2D eigenvalue weighted by molar-refractivity contribution is 6.30. The molecule has 0 spiro atoms. The molecule has 1 fully saturated rings. The van der Waals surface area contributed by atoms with E-state index < -0.39 is 0 Å². The Morgan fingerprint density at radius 1 is 0.967 bits per heavy atom. The summed E-state index contributed by atoms with van der Waals surface area (Å²) in [5.74, 6) is 0.904. The molecule has 30 heavy (non-hydrogen) atoms. The molecule has 1 heterocycles. The molecule has 0 bridgehead atoms. The van der Waals surface area contributed by atoms with E-state index in [0.29, 0.717) is 6.61 Å². The molecule has 0 unspecified atom stereocenters. The summed E-state index contributed by atoms with van der Waals surface area (Å²) in [6, 6.07) is 23.7. The predicted octanol–water partition coefficient (Wildman–Crippen LogP) is 5.52. The van der Waals surface area contributed by atoms with Crippen LogP contribution in [0, 0.1) is 5.92 Å². The van der Waals surface area contributed by atoms with Crippen LogP contribution in [0.25, 0.3) is 11.1 Å². The number of halogens is 1. The molecule has 3 aromatic rings. The summed E-state index contributed by atoms with van der Waals surface area (Å²) in [6.45, 7) is 2.27. The maximum Gasteiger partial charge on any atom is 0.227 e. The topological polar surface area (TPSA) is 50.4 Å². The van der Waals surface area contributed by atoms with Crippen LogP contribution in [0.15, 0.2) is 72.8 Å². The number of amides is 1. The Morgan fingerprint density at radius 2 is 1.63 bits per heavy atom. The number of benzene rings is 3. The molecule has 1 amide bonds. The molecule has 0 radical (unpaired) electrons. The Labute approximate surface area is 182 Å². The third kappa shape index (κ3) is 5.41. The minimum Gasteiger partial charge on any atom is -0.489 e. The largest absolute Gasteiger partial charge is 0.489 e. The zero-order chi connectivity index (χ0) is 20.8. The van der Waals surface area contributed by atoms with Gasteiger partial charge in [0.15, 0.2) is 0 Å². The second-order valence-corrected chi connectivity index (χ2v) is 7.97. The summed E-state index contributed by atoms with van der Waals surface area (Å²) in [5.41, 5.74) is 4.12. The van der Waals surface area contributed by atoms with Gasteiger partial charge in [-0.15, -0.1) is 0 Å². The first-order valence-corrected chi connectivity index (χ1v) is 10.6. The van der Waals surface area contributed by atoms with Gasteiger partial charge in [0.1, 0.15) is 12.4 Å². The Hall–Kier alpha value is -2.82. The van der Waals surface area contributed by atoms with E-state index in [1.54, 1.807) is 0 Å². The molecule has 4 nitrogen and oxygen atoms in total. The number of piperidine rings is 1. The van der Waals surface area contributed by atoms with Crippen molar-refractivity contribution in [3.05, 3.63) is 83.4 Å². The highest BCUT2D eigenvalue weighted by Crippen LogP contribution is 2.24. The van der Waals surface area contributed by atoms with Crippen molar-refractivity contribution in [2.24, 2.45) is 5.92 Å². The average Bonchev–Trinajstić information content (AvgIpc) is 2.79. The summed E-state index contributed by atoms with van der Waals surface area (Å²) >= 11 is 5.96. The van der Waals surface area contributed by atoms with Gasteiger partial charge in [-0.05, 0) is 66.9 Å². The van der Waals surface area contributed by atoms with Gasteiger partial charge in [0.2, 0.25) is 5.91 Å². The van der Waals surface area contributed by atoms with Gasteiger partial charge in [-0.25, -0.2) is 0 Å². The highest BCUT2D eigenvalue weighted by atomic mass is 35.5. The van der Waals surface area contributed by atoms with Crippen LogP contribution in [0.4, 0.5) is 5.69 Å². The van der Waals surface area contributed by atoms with Crippen LogP contribution >= 0.6 is 11.6 Å². The minimum absolute atomic E-state index is 0.0787. The maximum atomic E-state index is 12.4. The van der Waals surface area contributed by atoms with Crippen LogP contribution in [0.5, 0.6) is 5.75 Å². The molecule has 4 rings (SSSR count). The molecule has 154 valence electrons. The van der Waals surface area contributed by atoms with Crippen LogP contribution in [-0.4, -0.2) is 19.0 Å². The third-order valence-electron chi connectivity index (χ3n) is 5.35. The lowest BCUT2D eigenvalue weighted by atomic mass is 9.97. The monoisotopic (exact) mass is 420 g/mol. The second kappa shape index (κ2) is 9.79. The normalized spacial score (nSPS) is 14.3. The first-order chi connectivity index (χ1) is 14.7. The number of nitrogens with one attached hydrogen (secondary N) is 2. The van der Waals surface area contributed by atoms with Gasteiger partial charge in [-0.2, -0.15) is 0 Å². The lowest BCUT2D eigenvalue weighted by molar-refractivity contribution is -0.120. The van der Waals surface area contributed by atoms with Crippen molar-refractivity contribution in [1.29, 1.82) is 0 Å². The Morgan fingerprint density at radius 3 is 2.33 bits per heavy atom. The Balaban J connectivity index is 1.34. The summed E-state index contributed by atoms with van der Waals surface area (Å²) in [5, 5.41) is 7.04. The van der Waals surface area contributed by atoms with Gasteiger partial charge in [0.25, 0.3) is 0 Å². The fraction of sp³-hybridized carbons (Fsp3) is 0.240. The van der Waals surface area contributed by atoms with Crippen LogP contribution in [0.1, 0.15) is 18.4 Å². The van der Waals surface area contributed by atoms with Gasteiger partial charge in [0.05, 0.1) is 0 Å². The van der Waals surface area contributed by atoms with Gasteiger partial charge < -0.3 is 15.4 Å². The summed E-state index contributed by atoms with van der Waals surface area (Å²) < 4.78 is 5.94. The van der Waals surface area contributed by atoms with E-state index >= 15 is 0 Å². The van der Waals surface area contributed by atoms with Crippen LogP contribution < -0.4 is 15.4 Å². The predicted molar refractivity (Wildman–Crippen MR) is 122 cm³/mol. The summed E-state index contributed by atoms with van der Waals surface area (Å²) in [6.07, 6.45) is 1.77. The first kappa shape index (κ1) is 20.5. The van der Waals surface area contributed by atoms with Crippen LogP contribution in [-0.2, 0) is 11.4 Å². The van der Waals surface area contributed by atoms with E-state index in [-0.39, 0.29) is 11.8 Å². The fourth-order valence-corrected chi connectivity index (χ4v) is 3.72. The summed E-state index contributed by atoms with van der Waals surface area (Å²) in [7, 11) is 0. The van der Waals surface area contributed by atoms with Gasteiger partial charge in [0, 0.05) is 22.7 Å². The van der Waals surface area contributed by atoms with Crippen molar-refractivity contribution in [2.45, 2.75) is 19.4 Å². The molecule has 5 heteroatoms. The number of ether oxygens (including phenoxy) is 1. The van der Waals surface area contributed by atoms with Crippen molar-refractivity contribution in [2.75, 3.05) is 18.4 Å². The number of carbonyl (C=O) groups is 1. The minimum atomic E-state index is 0.0787. The van der Waals surface area contributed by atoms with Gasteiger partial charge in [-0.1, -0.05) is 54.1 Å². The average molecular weight is 421 g/mol. The van der Waals surface area contributed by atoms with E-state index in [1.165, 1.54) is 0 Å². The maximum absolute atomic E-state index is 12.4. The Kier molecular flexibility index (Phi) is 6.67. The smallest absolute Gasteiger partial charge is 0.227 e. The lowest BCUT2D eigenvalue weighted by Crippen LogP contribution is -2.34. The highest BCUT2D eigenvalue weighted by Gasteiger charge is 2.20. The van der Waals surface area contributed by atoms with Gasteiger partial charge >= 0.3 is 0 Å². The van der Waals surface area contributed by atoms with Crippen molar-refractivity contribution in [3.63, 3.8) is 0 Å². The van der Waals surface area contributed by atoms with E-state index in [0.717, 1.165) is 59.1 Å². The molecule has 1 saturated heterocycles. The lowest BCUT2D eigenvalue weighted by Gasteiger charge is -2.21. The van der Waals surface area contributed by atoms with Crippen molar-refractivity contribution in [3.8, 4) is 16.9 Å². The zero-order valence-corrected chi connectivity index (χ0v) is 17.5. The first-order valence-electron chi connectivity index (χ1n) is 10.3. The van der Waals surface area contributed by atoms with Gasteiger partial charge in [-0.3, -0.25) is 4.79 Å². The standard InChI is InChI=1S/C25H25ClN2O2/c26-22-10-8-20(9-11-22)19-6-4-18(5-7-19)17-30-24-3-1-2-23(16-24)28-25(29)21-12-14-27-15-13-21/h1-11,16,21,27H,12-15,17H2,(H,28,29). The van der Waals surface area contributed by atoms with E-state index in [9.17, 15) is 4.79 Å². The number of carbonyl (C=O) groups excluding carboxylic acids is 1. The molecular formula is C25H25ClN2O2. The zero-order valence-electron chi connectivity index (χ0n) is 16.7. The Bertz CT molecular complexity index is 981. The molecule has 0 aromatic heterocycles. The molecule has 0 aliphatic carbocycles. The molecule has 2 N–H and O–H groups in total. The molecule has 0 atom stereocenters. The van der Waals surface area contributed by atoms with E-state index in [2.05, 4.69) is 34.9 Å². The molecular weight excluding hydrogens is 396 g/mol. The number of rotatable bonds is 6. The van der Waals surface area contributed by atoms with Crippen LogP contribution in [0.2, 0.25) is 5.02 Å². The molecule has 0 saturated carbocycles. The quantitative estimate of drug-likeness (QED) is 0.551. The molecule has 1 aliphatic rings. The van der Waals surface area contributed by atoms with Crippen molar-refractivity contribution < 1.29 is 9.53 Å². The number of hydrogen-bond donors (Lipinski definition) is 2. The number of anilines is 1. The SMILES string of the molecule is O=C(Nc1cccc(OCc2ccc(-c3ccc(Cl)cc3)cc2)c1)C1CCNCC1. The molecule has 1 aliphatic heterocycles. The van der Waals surface area contributed by atoms with Crippen molar-refractivity contribution in [1.82, 2.24) is 5.32 Å². The number of hydrogen-bond acceptors (Lipinski definition) is 3. The van der Waals surface area contributed by atoms with E-state index in [4.69, 9.17) is 16.3 Å². The van der Waals surface area contributed by atoms with Crippen molar-refractivity contribution >= 4 is 23.2 Å². The summed E-state index contributed by atoms with van der Waals surface area (Å²) in [4.78, 5) is 12.4. The fourth-order valence-electron chi connectivity index (χ4n) is 3.59. The third-order valence-corrected chi connectivity index (χ3v) is 5.60.